The molecule has 1 spiro atoms. The highest BCUT2D eigenvalue weighted by Gasteiger charge is 2.52. The second kappa shape index (κ2) is 8.61. The van der Waals surface area contributed by atoms with Crippen LogP contribution >= 0.6 is 0 Å². The molecule has 4 rings (SSSR count). The molecule has 0 aromatic heterocycles. The first-order chi connectivity index (χ1) is 14.1. The number of ether oxygens (including phenoxy) is 1. The van der Waals surface area contributed by atoms with Gasteiger partial charge in [-0.05, 0) is 38.2 Å². The van der Waals surface area contributed by atoms with E-state index in [1.807, 2.05) is 34.9 Å². The summed E-state index contributed by atoms with van der Waals surface area (Å²) >= 11 is 0. The van der Waals surface area contributed by atoms with Gasteiger partial charge < -0.3 is 24.8 Å². The van der Waals surface area contributed by atoms with Gasteiger partial charge in [0.15, 0.2) is 0 Å². The van der Waals surface area contributed by atoms with E-state index < -0.39 is 0 Å². The summed E-state index contributed by atoms with van der Waals surface area (Å²) in [5, 5.41) is 2.88. The lowest BCUT2D eigenvalue weighted by Crippen LogP contribution is -2.58. The van der Waals surface area contributed by atoms with Gasteiger partial charge in [-0.1, -0.05) is 30.3 Å². The lowest BCUT2D eigenvalue weighted by Gasteiger charge is -2.46. The molecule has 0 saturated carbocycles. The minimum Gasteiger partial charge on any atom is -0.381 e. The molecule has 7 nitrogen and oxygen atoms in total. The molecule has 29 heavy (non-hydrogen) atoms. The Bertz CT molecular complexity index is 712. The fourth-order valence-corrected chi connectivity index (χ4v) is 5.07. The van der Waals surface area contributed by atoms with Crippen molar-refractivity contribution in [2.45, 2.75) is 50.7 Å². The van der Waals surface area contributed by atoms with Gasteiger partial charge in [0.1, 0.15) is 0 Å². The zero-order chi connectivity index (χ0) is 20.3. The van der Waals surface area contributed by atoms with Crippen LogP contribution in [0.4, 0.5) is 9.59 Å². The molecule has 3 aliphatic heterocycles. The second-order valence-corrected chi connectivity index (χ2v) is 8.38. The van der Waals surface area contributed by atoms with E-state index in [0.717, 1.165) is 37.8 Å². The molecule has 1 aromatic carbocycles. The summed E-state index contributed by atoms with van der Waals surface area (Å²) in [5.74, 6) is 0. The van der Waals surface area contributed by atoms with Gasteiger partial charge in [-0.2, -0.15) is 0 Å². The van der Waals surface area contributed by atoms with Crippen LogP contribution < -0.4 is 5.32 Å². The fraction of sp³-hybridized carbons (Fsp3) is 0.636. The van der Waals surface area contributed by atoms with Crippen LogP contribution in [0, 0.1) is 0 Å². The molecule has 0 aliphatic carbocycles. The van der Waals surface area contributed by atoms with Crippen molar-refractivity contribution in [1.82, 2.24) is 20.0 Å². The number of likely N-dealkylation sites (tertiary alicyclic amines) is 1. The standard InChI is InChI=1S/C22H32N4O3/c1-2-23-20(27)24-12-8-19(9-13-24)26-21(28)25(16-18-6-4-3-5-7-18)17-22(26)10-14-29-15-11-22/h3-7,19H,2,8-17H2,1H3,(H,23,27). The fourth-order valence-electron chi connectivity index (χ4n) is 5.07. The average molecular weight is 401 g/mol. The third kappa shape index (κ3) is 4.06. The molecule has 4 amide bonds. The number of rotatable bonds is 4. The number of carbonyl (C=O) groups excluding carboxylic acids is 2. The van der Waals surface area contributed by atoms with Crippen molar-refractivity contribution in [1.29, 1.82) is 0 Å². The highest BCUT2D eigenvalue weighted by molar-refractivity contribution is 5.79. The molecular weight excluding hydrogens is 368 g/mol. The normalized spacial score (nSPS) is 22.4. The van der Waals surface area contributed by atoms with Crippen LogP contribution in [0.1, 0.15) is 38.2 Å². The molecule has 1 N–H and O–H groups in total. The Morgan fingerprint density at radius 2 is 1.86 bits per heavy atom. The zero-order valence-electron chi connectivity index (χ0n) is 17.3. The van der Waals surface area contributed by atoms with Crippen molar-refractivity contribution in [3.05, 3.63) is 35.9 Å². The lowest BCUT2D eigenvalue weighted by atomic mass is 9.86. The average Bonchev–Trinajstić information content (AvgIpc) is 3.00. The minimum atomic E-state index is -0.136. The van der Waals surface area contributed by atoms with Crippen LogP contribution in [0.3, 0.4) is 0 Å². The van der Waals surface area contributed by atoms with Crippen LogP contribution in [0.5, 0.6) is 0 Å². The van der Waals surface area contributed by atoms with Crippen LogP contribution in [-0.4, -0.2) is 77.7 Å². The Balaban J connectivity index is 1.49. The summed E-state index contributed by atoms with van der Waals surface area (Å²) in [5.41, 5.74) is 1.03. The third-order valence-electron chi connectivity index (χ3n) is 6.56. The van der Waals surface area contributed by atoms with Crippen LogP contribution in [0.15, 0.2) is 30.3 Å². The Labute approximate surface area is 173 Å². The van der Waals surface area contributed by atoms with E-state index in [0.29, 0.717) is 39.4 Å². The van der Waals surface area contributed by atoms with Crippen LogP contribution in [0.25, 0.3) is 0 Å². The van der Waals surface area contributed by atoms with E-state index >= 15 is 0 Å². The second-order valence-electron chi connectivity index (χ2n) is 8.38. The summed E-state index contributed by atoms with van der Waals surface area (Å²) in [6.45, 7) is 6.81. The zero-order valence-corrected chi connectivity index (χ0v) is 17.3. The monoisotopic (exact) mass is 400 g/mol. The summed E-state index contributed by atoms with van der Waals surface area (Å²) in [4.78, 5) is 31.7. The molecule has 3 heterocycles. The van der Waals surface area contributed by atoms with E-state index in [1.165, 1.54) is 0 Å². The van der Waals surface area contributed by atoms with Gasteiger partial charge in [-0.25, -0.2) is 9.59 Å². The van der Waals surface area contributed by atoms with Crippen molar-refractivity contribution < 1.29 is 14.3 Å². The van der Waals surface area contributed by atoms with E-state index in [4.69, 9.17) is 4.74 Å². The molecular formula is C22H32N4O3. The van der Waals surface area contributed by atoms with Crippen molar-refractivity contribution in [2.24, 2.45) is 0 Å². The quantitative estimate of drug-likeness (QED) is 0.845. The summed E-state index contributed by atoms with van der Waals surface area (Å²) in [6, 6.07) is 10.5. The molecule has 0 atom stereocenters. The minimum absolute atomic E-state index is 0.00480. The van der Waals surface area contributed by atoms with Gasteiger partial charge in [0.05, 0.1) is 5.54 Å². The molecule has 3 aliphatic rings. The number of benzene rings is 1. The molecule has 7 heteroatoms. The lowest BCUT2D eigenvalue weighted by molar-refractivity contribution is -0.0144. The maximum atomic E-state index is 13.5. The Hall–Kier alpha value is -2.28. The molecule has 3 fully saturated rings. The number of urea groups is 2. The molecule has 1 aromatic rings. The largest absolute Gasteiger partial charge is 0.381 e. The predicted octanol–water partition coefficient (Wildman–Crippen LogP) is 2.67. The number of nitrogens with zero attached hydrogens (tertiary/aromatic N) is 3. The van der Waals surface area contributed by atoms with E-state index in [9.17, 15) is 9.59 Å². The molecule has 0 unspecified atom stereocenters. The van der Waals surface area contributed by atoms with Crippen molar-refractivity contribution in [3.63, 3.8) is 0 Å². The number of carbonyl (C=O) groups is 2. The van der Waals surface area contributed by atoms with E-state index in [1.54, 1.807) is 0 Å². The SMILES string of the molecule is CCNC(=O)N1CCC(N2C(=O)N(Cc3ccccc3)CC23CCOCC3)CC1. The summed E-state index contributed by atoms with van der Waals surface area (Å²) in [7, 11) is 0. The van der Waals surface area contributed by atoms with Gasteiger partial charge in [-0.3, -0.25) is 0 Å². The Kier molecular flexibility index (Phi) is 5.94. The molecule has 158 valence electrons. The van der Waals surface area contributed by atoms with Gasteiger partial charge in [0.25, 0.3) is 0 Å². The van der Waals surface area contributed by atoms with Gasteiger partial charge >= 0.3 is 12.1 Å². The van der Waals surface area contributed by atoms with Crippen molar-refractivity contribution >= 4 is 12.1 Å². The topological polar surface area (TPSA) is 65.1 Å². The van der Waals surface area contributed by atoms with E-state index in [2.05, 4.69) is 22.3 Å². The highest BCUT2D eigenvalue weighted by Crippen LogP contribution is 2.39. The van der Waals surface area contributed by atoms with Gasteiger partial charge in [0.2, 0.25) is 0 Å². The number of piperidine rings is 1. The maximum absolute atomic E-state index is 13.5. The highest BCUT2D eigenvalue weighted by atomic mass is 16.5. The van der Waals surface area contributed by atoms with Crippen molar-refractivity contribution in [3.8, 4) is 0 Å². The molecule has 0 bridgehead atoms. The van der Waals surface area contributed by atoms with Crippen LogP contribution in [0.2, 0.25) is 0 Å². The molecule has 0 radical (unpaired) electrons. The van der Waals surface area contributed by atoms with Gasteiger partial charge in [0, 0.05) is 52.0 Å². The number of hydrogen-bond donors (Lipinski definition) is 1. The first kappa shape index (κ1) is 20.0. The number of amides is 4. The first-order valence-electron chi connectivity index (χ1n) is 10.9. The summed E-state index contributed by atoms with van der Waals surface area (Å²) < 4.78 is 5.64. The smallest absolute Gasteiger partial charge is 0.321 e. The molecule has 3 saturated heterocycles. The van der Waals surface area contributed by atoms with E-state index in [-0.39, 0.29) is 23.6 Å². The number of nitrogens with one attached hydrogen (secondary N) is 1. The van der Waals surface area contributed by atoms with Crippen molar-refractivity contribution in [2.75, 3.05) is 39.4 Å². The summed E-state index contributed by atoms with van der Waals surface area (Å²) in [6.07, 6.45) is 3.45. The van der Waals surface area contributed by atoms with Crippen LogP contribution in [-0.2, 0) is 11.3 Å². The third-order valence-corrected chi connectivity index (χ3v) is 6.56. The Morgan fingerprint density at radius 1 is 1.17 bits per heavy atom. The predicted molar refractivity (Wildman–Crippen MR) is 111 cm³/mol. The Morgan fingerprint density at radius 3 is 2.52 bits per heavy atom. The number of hydrogen-bond acceptors (Lipinski definition) is 3. The maximum Gasteiger partial charge on any atom is 0.321 e. The first-order valence-corrected chi connectivity index (χ1v) is 10.9. The van der Waals surface area contributed by atoms with Gasteiger partial charge in [-0.15, -0.1) is 0 Å².